The first-order valence-electron chi connectivity index (χ1n) is 6.53. The van der Waals surface area contributed by atoms with Crippen molar-refractivity contribution in [2.24, 2.45) is 0 Å². The Kier molecular flexibility index (Phi) is 4.73. The van der Waals surface area contributed by atoms with E-state index in [2.05, 4.69) is 0 Å². The summed E-state index contributed by atoms with van der Waals surface area (Å²) in [5, 5.41) is 9.19. The Morgan fingerprint density at radius 2 is 1.72 bits per heavy atom. The van der Waals surface area contributed by atoms with Crippen LogP contribution in [0.2, 0.25) is 0 Å². The fraction of sp³-hybridized carbons (Fsp3) is 0.846. The van der Waals surface area contributed by atoms with Gasteiger partial charge in [-0.3, -0.25) is 14.5 Å². The molecule has 1 fully saturated rings. The minimum atomic E-state index is -1.04. The summed E-state index contributed by atoms with van der Waals surface area (Å²) >= 11 is 0. The number of aliphatic carboxylic acids is 1. The van der Waals surface area contributed by atoms with Crippen molar-refractivity contribution in [3.8, 4) is 0 Å². The van der Waals surface area contributed by atoms with Crippen LogP contribution in [0.4, 0.5) is 0 Å². The second-order valence-corrected chi connectivity index (χ2v) is 5.54. The van der Waals surface area contributed by atoms with Crippen LogP contribution >= 0.6 is 0 Å². The summed E-state index contributed by atoms with van der Waals surface area (Å²) in [5.74, 6) is -0.880. The van der Waals surface area contributed by atoms with Gasteiger partial charge in [-0.15, -0.1) is 0 Å². The molecular weight excluding hydrogens is 232 g/mol. The summed E-state index contributed by atoms with van der Waals surface area (Å²) in [7, 11) is 1.70. The molecule has 18 heavy (non-hydrogen) atoms. The van der Waals surface area contributed by atoms with Gasteiger partial charge in [0.2, 0.25) is 5.91 Å². The zero-order valence-corrected chi connectivity index (χ0v) is 11.8. The number of carboxylic acid groups (broad SMARTS) is 1. The topological polar surface area (TPSA) is 60.9 Å². The van der Waals surface area contributed by atoms with Crippen LogP contribution in [0.15, 0.2) is 0 Å². The van der Waals surface area contributed by atoms with E-state index in [4.69, 9.17) is 0 Å². The van der Waals surface area contributed by atoms with Crippen molar-refractivity contribution in [2.45, 2.75) is 51.6 Å². The molecular formula is C13H24N2O3. The molecule has 104 valence electrons. The van der Waals surface area contributed by atoms with Crippen molar-refractivity contribution in [2.75, 3.05) is 20.1 Å². The summed E-state index contributed by atoms with van der Waals surface area (Å²) in [4.78, 5) is 27.0. The number of carbonyl (C=O) groups is 2. The molecule has 0 aromatic carbocycles. The van der Waals surface area contributed by atoms with Crippen molar-refractivity contribution in [1.29, 1.82) is 0 Å². The van der Waals surface area contributed by atoms with Gasteiger partial charge in [-0.05, 0) is 47.1 Å². The van der Waals surface area contributed by atoms with E-state index in [0.29, 0.717) is 0 Å². The predicted molar refractivity (Wildman–Crippen MR) is 69.4 cm³/mol. The predicted octanol–water partition coefficient (Wildman–Crippen LogP) is 1.18. The standard InChI is InChI=1S/C13H24N2O3/c1-10(14(4)13(2,3)12(17)18)11(16)15-8-6-5-7-9-15/h10H,5-9H2,1-4H3,(H,17,18). The van der Waals surface area contributed by atoms with Gasteiger partial charge in [0.1, 0.15) is 5.54 Å². The summed E-state index contributed by atoms with van der Waals surface area (Å²) < 4.78 is 0. The minimum Gasteiger partial charge on any atom is -0.480 e. The summed E-state index contributed by atoms with van der Waals surface area (Å²) in [6.07, 6.45) is 3.27. The monoisotopic (exact) mass is 256 g/mol. The highest BCUT2D eigenvalue weighted by Gasteiger charge is 2.38. The Labute approximate surface area is 109 Å². The Morgan fingerprint density at radius 3 is 2.17 bits per heavy atom. The van der Waals surface area contributed by atoms with Crippen LogP contribution in [0.3, 0.4) is 0 Å². The molecule has 0 radical (unpaired) electrons. The van der Waals surface area contributed by atoms with E-state index in [1.54, 1.807) is 32.7 Å². The SMILES string of the molecule is CC(C(=O)N1CCCCC1)N(C)C(C)(C)C(=O)O. The molecule has 1 unspecified atom stereocenters. The molecule has 1 aliphatic rings. The van der Waals surface area contributed by atoms with Crippen molar-refractivity contribution in [3.05, 3.63) is 0 Å². The van der Waals surface area contributed by atoms with Crippen LogP contribution < -0.4 is 0 Å². The smallest absolute Gasteiger partial charge is 0.323 e. The molecule has 1 aliphatic heterocycles. The first-order valence-corrected chi connectivity index (χ1v) is 6.53. The maximum atomic E-state index is 12.3. The zero-order valence-electron chi connectivity index (χ0n) is 11.8. The van der Waals surface area contributed by atoms with Crippen LogP contribution in [-0.2, 0) is 9.59 Å². The second-order valence-electron chi connectivity index (χ2n) is 5.54. The van der Waals surface area contributed by atoms with E-state index in [9.17, 15) is 14.7 Å². The molecule has 1 N–H and O–H groups in total. The molecule has 0 bridgehead atoms. The van der Waals surface area contributed by atoms with Crippen LogP contribution in [0.1, 0.15) is 40.0 Å². The van der Waals surface area contributed by atoms with Gasteiger partial charge in [-0.25, -0.2) is 0 Å². The third kappa shape index (κ3) is 3.02. The fourth-order valence-electron chi connectivity index (χ4n) is 2.18. The van der Waals surface area contributed by atoms with E-state index in [1.165, 1.54) is 6.42 Å². The molecule has 5 heteroatoms. The molecule has 1 amide bonds. The number of hydrogen-bond acceptors (Lipinski definition) is 3. The van der Waals surface area contributed by atoms with Gasteiger partial charge in [-0.2, -0.15) is 0 Å². The molecule has 1 rings (SSSR count). The Bertz CT molecular complexity index is 322. The minimum absolute atomic E-state index is 0.0338. The maximum Gasteiger partial charge on any atom is 0.323 e. The van der Waals surface area contributed by atoms with E-state index in [-0.39, 0.29) is 5.91 Å². The van der Waals surface area contributed by atoms with E-state index in [0.717, 1.165) is 25.9 Å². The first-order chi connectivity index (χ1) is 8.28. The van der Waals surface area contributed by atoms with Crippen LogP contribution in [-0.4, -0.2) is 58.5 Å². The first kappa shape index (κ1) is 15.0. The highest BCUT2D eigenvalue weighted by Crippen LogP contribution is 2.18. The lowest BCUT2D eigenvalue weighted by atomic mass is 10.0. The van der Waals surface area contributed by atoms with Crippen LogP contribution in [0.25, 0.3) is 0 Å². The normalized spacial score (nSPS) is 18.8. The number of likely N-dealkylation sites (N-methyl/N-ethyl adjacent to an activating group) is 1. The van der Waals surface area contributed by atoms with E-state index >= 15 is 0 Å². The second kappa shape index (κ2) is 5.69. The van der Waals surface area contributed by atoms with Gasteiger partial charge in [0.25, 0.3) is 0 Å². The van der Waals surface area contributed by atoms with Gasteiger partial charge in [-0.1, -0.05) is 0 Å². The van der Waals surface area contributed by atoms with Crippen LogP contribution in [0.5, 0.6) is 0 Å². The van der Waals surface area contributed by atoms with Gasteiger partial charge in [0.05, 0.1) is 6.04 Å². The highest BCUT2D eigenvalue weighted by atomic mass is 16.4. The van der Waals surface area contributed by atoms with Crippen molar-refractivity contribution < 1.29 is 14.7 Å². The number of hydrogen-bond donors (Lipinski definition) is 1. The van der Waals surface area contributed by atoms with Gasteiger partial charge >= 0.3 is 5.97 Å². The number of amides is 1. The quantitative estimate of drug-likeness (QED) is 0.820. The number of piperidine rings is 1. The summed E-state index contributed by atoms with van der Waals surface area (Å²) in [6.45, 7) is 6.61. The molecule has 1 heterocycles. The van der Waals surface area contributed by atoms with E-state index < -0.39 is 17.6 Å². The number of rotatable bonds is 4. The lowest BCUT2D eigenvalue weighted by Crippen LogP contribution is -2.57. The van der Waals surface area contributed by atoms with Crippen molar-refractivity contribution in [1.82, 2.24) is 9.80 Å². The molecule has 1 saturated heterocycles. The van der Waals surface area contributed by atoms with Crippen molar-refractivity contribution in [3.63, 3.8) is 0 Å². The lowest BCUT2D eigenvalue weighted by molar-refractivity contribution is -0.153. The molecule has 1 atom stereocenters. The largest absolute Gasteiger partial charge is 0.480 e. The average Bonchev–Trinajstić information content (AvgIpc) is 2.36. The Balaban J connectivity index is 2.70. The number of carbonyl (C=O) groups excluding carboxylic acids is 1. The number of nitrogens with zero attached hydrogens (tertiary/aromatic N) is 2. The number of likely N-dealkylation sites (tertiary alicyclic amines) is 1. The third-order valence-corrected chi connectivity index (χ3v) is 4.01. The molecule has 0 saturated carbocycles. The lowest BCUT2D eigenvalue weighted by Gasteiger charge is -2.38. The van der Waals surface area contributed by atoms with Crippen molar-refractivity contribution >= 4 is 11.9 Å². The van der Waals surface area contributed by atoms with Gasteiger partial charge in [0, 0.05) is 13.1 Å². The fourth-order valence-corrected chi connectivity index (χ4v) is 2.18. The molecule has 0 aromatic rings. The van der Waals surface area contributed by atoms with Gasteiger partial charge in [0.15, 0.2) is 0 Å². The van der Waals surface area contributed by atoms with E-state index in [1.807, 2.05) is 4.90 Å². The summed E-state index contributed by atoms with van der Waals surface area (Å²) in [5.41, 5.74) is -1.04. The number of carboxylic acids is 1. The molecule has 0 aromatic heterocycles. The zero-order chi connectivity index (χ0) is 13.9. The Hall–Kier alpha value is -1.10. The average molecular weight is 256 g/mol. The van der Waals surface area contributed by atoms with Gasteiger partial charge < -0.3 is 10.0 Å². The summed E-state index contributed by atoms with van der Waals surface area (Å²) in [6, 6.07) is -0.408. The van der Waals surface area contributed by atoms with Crippen LogP contribution in [0, 0.1) is 0 Å². The highest BCUT2D eigenvalue weighted by molar-refractivity contribution is 5.84. The third-order valence-electron chi connectivity index (χ3n) is 4.01. The molecule has 0 spiro atoms. The molecule has 5 nitrogen and oxygen atoms in total. The maximum absolute atomic E-state index is 12.3. The molecule has 0 aliphatic carbocycles. The Morgan fingerprint density at radius 1 is 1.22 bits per heavy atom.